The van der Waals surface area contributed by atoms with Crippen molar-refractivity contribution in [1.29, 1.82) is 0 Å². The maximum atomic E-state index is 14.5. The third kappa shape index (κ3) is 3.50. The molecule has 0 radical (unpaired) electrons. The molecule has 1 aromatic carbocycles. The number of fused-ring (bicyclic) bond motifs is 1. The van der Waals surface area contributed by atoms with Crippen molar-refractivity contribution in [3.63, 3.8) is 0 Å². The lowest BCUT2D eigenvalue weighted by Gasteiger charge is -2.40. The highest BCUT2D eigenvalue weighted by Gasteiger charge is 2.29. The predicted octanol–water partition coefficient (Wildman–Crippen LogP) is 4.38. The molecule has 30 heavy (non-hydrogen) atoms. The van der Waals surface area contributed by atoms with Gasteiger partial charge in [-0.05, 0) is 42.7 Å². The number of nitrogens with zero attached hydrogens (tertiary/aromatic N) is 4. The molecule has 0 unspecified atom stereocenters. The lowest BCUT2D eigenvalue weighted by atomic mass is 10.1. The molecule has 0 aliphatic carbocycles. The third-order valence-corrected chi connectivity index (χ3v) is 6.39. The van der Waals surface area contributed by atoms with Crippen molar-refractivity contribution in [2.24, 2.45) is 0 Å². The molecule has 0 saturated carbocycles. The van der Waals surface area contributed by atoms with E-state index in [-0.39, 0.29) is 17.5 Å². The molecule has 156 valence electrons. The molecule has 1 saturated heterocycles. The second-order valence-corrected chi connectivity index (χ2v) is 8.18. The van der Waals surface area contributed by atoms with Gasteiger partial charge in [0.2, 0.25) is 5.91 Å². The van der Waals surface area contributed by atoms with E-state index in [1.165, 1.54) is 30.8 Å². The lowest BCUT2D eigenvalue weighted by Crippen LogP contribution is -2.53. The summed E-state index contributed by atoms with van der Waals surface area (Å²) in [6.07, 6.45) is 1.34. The zero-order chi connectivity index (χ0) is 21.4. The van der Waals surface area contributed by atoms with Crippen LogP contribution in [0.15, 0.2) is 36.9 Å². The van der Waals surface area contributed by atoms with Crippen LogP contribution in [0.4, 0.5) is 9.39 Å². The molecule has 1 aliphatic heterocycles. The Bertz CT molecular complexity index is 1140. The standard InChI is InChI=1S/C21H20ClFN4O2S/c1-4-17(28)26-8-9-27(12(2)11-26)21-13-10-14(22)19(24-20(13)25-30-21)18-15(23)6-5-7-16(18)29-3/h4-7,10,12H,1,8-9,11H2,2-3H3/t12-/m1/s1. The van der Waals surface area contributed by atoms with E-state index in [2.05, 4.69) is 27.8 Å². The minimum Gasteiger partial charge on any atom is -0.496 e. The number of amides is 1. The van der Waals surface area contributed by atoms with Gasteiger partial charge < -0.3 is 14.5 Å². The Morgan fingerprint density at radius 1 is 1.43 bits per heavy atom. The Kier molecular flexibility index (Phi) is 5.62. The van der Waals surface area contributed by atoms with Crippen molar-refractivity contribution in [3.8, 4) is 17.0 Å². The zero-order valence-corrected chi connectivity index (χ0v) is 18.1. The first-order chi connectivity index (χ1) is 14.4. The van der Waals surface area contributed by atoms with Crippen LogP contribution >= 0.6 is 23.1 Å². The van der Waals surface area contributed by atoms with Gasteiger partial charge in [-0.1, -0.05) is 24.2 Å². The topological polar surface area (TPSA) is 58.6 Å². The Morgan fingerprint density at radius 2 is 2.23 bits per heavy atom. The summed E-state index contributed by atoms with van der Waals surface area (Å²) >= 11 is 7.86. The first kappa shape index (κ1) is 20.6. The van der Waals surface area contributed by atoms with E-state index in [4.69, 9.17) is 16.3 Å². The molecule has 3 heterocycles. The number of pyridine rings is 1. The van der Waals surface area contributed by atoms with Gasteiger partial charge in [0, 0.05) is 25.7 Å². The lowest BCUT2D eigenvalue weighted by molar-refractivity contribution is -0.126. The van der Waals surface area contributed by atoms with Crippen LogP contribution in [0.5, 0.6) is 5.75 Å². The number of rotatable bonds is 4. The van der Waals surface area contributed by atoms with Crippen LogP contribution in [0, 0.1) is 5.82 Å². The van der Waals surface area contributed by atoms with Crippen molar-refractivity contribution in [2.75, 3.05) is 31.6 Å². The van der Waals surface area contributed by atoms with Gasteiger partial charge in [-0.25, -0.2) is 9.37 Å². The van der Waals surface area contributed by atoms with Crippen LogP contribution < -0.4 is 9.64 Å². The molecule has 0 spiro atoms. The fraction of sp³-hybridized carbons (Fsp3) is 0.286. The number of carbonyl (C=O) groups excluding carboxylic acids is 1. The zero-order valence-electron chi connectivity index (χ0n) is 16.6. The molecule has 1 aliphatic rings. The Morgan fingerprint density at radius 3 is 2.93 bits per heavy atom. The number of ether oxygens (including phenoxy) is 1. The summed E-state index contributed by atoms with van der Waals surface area (Å²) in [5, 5.41) is 2.06. The summed E-state index contributed by atoms with van der Waals surface area (Å²) in [7, 11) is 1.48. The molecule has 0 N–H and O–H groups in total. The highest BCUT2D eigenvalue weighted by atomic mass is 35.5. The third-order valence-electron chi connectivity index (χ3n) is 5.21. The van der Waals surface area contributed by atoms with E-state index in [1.54, 1.807) is 23.1 Å². The van der Waals surface area contributed by atoms with Crippen molar-refractivity contribution in [3.05, 3.63) is 47.8 Å². The number of benzene rings is 1. The highest BCUT2D eigenvalue weighted by molar-refractivity contribution is 7.11. The summed E-state index contributed by atoms with van der Waals surface area (Å²) in [5.41, 5.74) is 1.01. The van der Waals surface area contributed by atoms with Gasteiger partial charge in [-0.15, -0.1) is 0 Å². The van der Waals surface area contributed by atoms with Crippen LogP contribution in [0.25, 0.3) is 22.3 Å². The molecule has 0 bridgehead atoms. The highest BCUT2D eigenvalue weighted by Crippen LogP contribution is 2.40. The number of aromatic nitrogens is 2. The van der Waals surface area contributed by atoms with Crippen LogP contribution in [0.2, 0.25) is 5.02 Å². The maximum absolute atomic E-state index is 14.5. The van der Waals surface area contributed by atoms with Crippen molar-refractivity contribution in [2.45, 2.75) is 13.0 Å². The van der Waals surface area contributed by atoms with Crippen LogP contribution in [0.3, 0.4) is 0 Å². The van der Waals surface area contributed by atoms with Gasteiger partial charge in [0.25, 0.3) is 0 Å². The fourth-order valence-corrected chi connectivity index (χ4v) is 4.90. The summed E-state index contributed by atoms with van der Waals surface area (Å²) in [6.45, 7) is 7.47. The quantitative estimate of drug-likeness (QED) is 0.556. The molecule has 9 heteroatoms. The molecule has 4 rings (SSSR count). The van der Waals surface area contributed by atoms with Gasteiger partial charge in [0.1, 0.15) is 16.6 Å². The number of piperazine rings is 1. The average Bonchev–Trinajstić information content (AvgIpc) is 3.14. The Labute approximate surface area is 182 Å². The monoisotopic (exact) mass is 446 g/mol. The number of carbonyl (C=O) groups is 1. The molecule has 2 aromatic heterocycles. The molecule has 6 nitrogen and oxygen atoms in total. The van der Waals surface area contributed by atoms with E-state index in [9.17, 15) is 9.18 Å². The first-order valence-corrected chi connectivity index (χ1v) is 10.6. The SMILES string of the molecule is C=CC(=O)N1CCN(c2snc3nc(-c4c(F)cccc4OC)c(Cl)cc23)[C@H](C)C1. The van der Waals surface area contributed by atoms with Crippen LogP contribution in [0.1, 0.15) is 6.92 Å². The van der Waals surface area contributed by atoms with E-state index < -0.39 is 5.82 Å². The molecule has 1 fully saturated rings. The molecule has 1 amide bonds. The van der Waals surface area contributed by atoms with Crippen molar-refractivity contribution in [1.82, 2.24) is 14.3 Å². The summed E-state index contributed by atoms with van der Waals surface area (Å²) < 4.78 is 24.3. The summed E-state index contributed by atoms with van der Waals surface area (Å²) in [6, 6.07) is 6.45. The molecule has 3 aromatic rings. The number of hydrogen-bond donors (Lipinski definition) is 0. The van der Waals surface area contributed by atoms with Crippen LogP contribution in [-0.2, 0) is 4.79 Å². The number of halogens is 2. The minimum atomic E-state index is -0.463. The smallest absolute Gasteiger partial charge is 0.246 e. The molecular weight excluding hydrogens is 427 g/mol. The largest absolute Gasteiger partial charge is 0.496 e. The maximum Gasteiger partial charge on any atom is 0.246 e. The average molecular weight is 447 g/mol. The van der Waals surface area contributed by atoms with Crippen LogP contribution in [-0.4, -0.2) is 53.0 Å². The summed E-state index contributed by atoms with van der Waals surface area (Å²) in [5.74, 6) is -0.171. The minimum absolute atomic E-state index is 0.0659. The van der Waals surface area contributed by atoms with Gasteiger partial charge in [-0.3, -0.25) is 4.79 Å². The van der Waals surface area contributed by atoms with E-state index in [0.29, 0.717) is 41.7 Å². The summed E-state index contributed by atoms with van der Waals surface area (Å²) in [4.78, 5) is 20.5. The Hall–Kier alpha value is -2.71. The second-order valence-electron chi connectivity index (χ2n) is 7.03. The number of methoxy groups -OCH3 is 1. The first-order valence-electron chi connectivity index (χ1n) is 9.41. The van der Waals surface area contributed by atoms with E-state index in [1.807, 2.05) is 0 Å². The second kappa shape index (κ2) is 8.20. The normalized spacial score (nSPS) is 16.7. The number of hydrogen-bond acceptors (Lipinski definition) is 6. The predicted molar refractivity (Wildman–Crippen MR) is 118 cm³/mol. The van der Waals surface area contributed by atoms with Crippen molar-refractivity contribution < 1.29 is 13.9 Å². The molecular formula is C21H20ClFN4O2S. The van der Waals surface area contributed by atoms with Gasteiger partial charge in [0.05, 0.1) is 28.8 Å². The van der Waals surface area contributed by atoms with E-state index in [0.717, 1.165) is 10.4 Å². The molecule has 1 atom stereocenters. The van der Waals surface area contributed by atoms with E-state index >= 15 is 0 Å². The fourth-order valence-electron chi connectivity index (χ4n) is 3.72. The van der Waals surface area contributed by atoms with Crippen molar-refractivity contribution >= 4 is 45.1 Å². The Balaban J connectivity index is 1.72. The van der Waals surface area contributed by atoms with Gasteiger partial charge >= 0.3 is 0 Å². The van der Waals surface area contributed by atoms with Gasteiger partial charge in [-0.2, -0.15) is 4.37 Å². The van der Waals surface area contributed by atoms with Gasteiger partial charge in [0.15, 0.2) is 5.65 Å². The number of anilines is 1.